The van der Waals surface area contributed by atoms with Gasteiger partial charge in [-0.05, 0) is 67.1 Å². The standard InChI is InChI=1S/C25H25NO5/c27-22(20-7-6-17-3-1-4-19(17)15-20)12-13-25(30)31-16-23(28)18-8-10-21(11-9-18)26-14-2-5-24(26)29/h6-11,15H,1-5,12-14,16H2. The van der Waals surface area contributed by atoms with Crippen LogP contribution in [-0.4, -0.2) is 36.6 Å². The van der Waals surface area contributed by atoms with E-state index in [1.54, 1.807) is 29.2 Å². The molecule has 6 heteroatoms. The summed E-state index contributed by atoms with van der Waals surface area (Å²) in [6, 6.07) is 12.5. The number of ether oxygens (including phenoxy) is 1. The number of ketones is 2. The van der Waals surface area contributed by atoms with E-state index in [1.807, 2.05) is 18.2 Å². The van der Waals surface area contributed by atoms with E-state index in [9.17, 15) is 19.2 Å². The maximum Gasteiger partial charge on any atom is 0.306 e. The highest BCUT2D eigenvalue weighted by Crippen LogP contribution is 2.24. The minimum absolute atomic E-state index is 0.0563. The average molecular weight is 419 g/mol. The normalized spacial score (nSPS) is 15.1. The Kier molecular flexibility index (Phi) is 6.26. The van der Waals surface area contributed by atoms with E-state index >= 15 is 0 Å². The molecule has 0 unspecified atom stereocenters. The van der Waals surface area contributed by atoms with E-state index in [2.05, 4.69) is 0 Å². The monoisotopic (exact) mass is 419 g/mol. The molecule has 0 spiro atoms. The number of anilines is 1. The summed E-state index contributed by atoms with van der Waals surface area (Å²) >= 11 is 0. The molecule has 1 aliphatic carbocycles. The van der Waals surface area contributed by atoms with Crippen LogP contribution in [0.5, 0.6) is 0 Å². The molecule has 1 saturated heterocycles. The van der Waals surface area contributed by atoms with Gasteiger partial charge in [0.2, 0.25) is 5.91 Å². The second-order valence-corrected chi connectivity index (χ2v) is 8.04. The fourth-order valence-electron chi connectivity index (χ4n) is 4.16. The summed E-state index contributed by atoms with van der Waals surface area (Å²) < 4.78 is 5.06. The molecular formula is C25H25NO5. The zero-order valence-electron chi connectivity index (χ0n) is 17.4. The molecule has 0 bridgehead atoms. The van der Waals surface area contributed by atoms with Gasteiger partial charge in [0.1, 0.15) is 0 Å². The summed E-state index contributed by atoms with van der Waals surface area (Å²) in [5.74, 6) is -0.896. The number of hydrogen-bond donors (Lipinski definition) is 0. The van der Waals surface area contributed by atoms with Crippen LogP contribution in [-0.2, 0) is 27.2 Å². The average Bonchev–Trinajstić information content (AvgIpc) is 3.44. The van der Waals surface area contributed by atoms with E-state index in [-0.39, 0.29) is 36.9 Å². The molecule has 1 heterocycles. The number of Topliss-reactive ketones (excluding diaryl/α,β-unsaturated/α-hetero) is 2. The number of carbonyl (C=O) groups excluding carboxylic acids is 4. The first kappa shape index (κ1) is 21.0. The van der Waals surface area contributed by atoms with Gasteiger partial charge in [0.05, 0.1) is 6.42 Å². The highest BCUT2D eigenvalue weighted by Gasteiger charge is 2.22. The van der Waals surface area contributed by atoms with Gasteiger partial charge in [-0.1, -0.05) is 12.1 Å². The number of benzene rings is 2. The lowest BCUT2D eigenvalue weighted by Crippen LogP contribution is -2.23. The molecule has 0 aromatic heterocycles. The molecule has 0 radical (unpaired) electrons. The van der Waals surface area contributed by atoms with Gasteiger partial charge in [0.25, 0.3) is 0 Å². The molecule has 0 saturated carbocycles. The summed E-state index contributed by atoms with van der Waals surface area (Å²) in [6.07, 6.45) is 4.56. The molecule has 160 valence electrons. The van der Waals surface area contributed by atoms with Crippen molar-refractivity contribution >= 4 is 29.1 Å². The van der Waals surface area contributed by atoms with Crippen LogP contribution in [0.3, 0.4) is 0 Å². The molecule has 4 rings (SSSR count). The van der Waals surface area contributed by atoms with Gasteiger partial charge in [-0.25, -0.2) is 0 Å². The summed E-state index contributed by atoms with van der Waals surface area (Å²) in [5, 5.41) is 0. The van der Waals surface area contributed by atoms with Crippen molar-refractivity contribution in [1.29, 1.82) is 0 Å². The lowest BCUT2D eigenvalue weighted by molar-refractivity contribution is -0.142. The minimum Gasteiger partial charge on any atom is -0.457 e. The van der Waals surface area contributed by atoms with Crippen LogP contribution in [0.15, 0.2) is 42.5 Å². The molecule has 2 aromatic carbocycles. The van der Waals surface area contributed by atoms with Crippen LogP contribution < -0.4 is 4.90 Å². The van der Waals surface area contributed by atoms with Crippen molar-refractivity contribution in [3.8, 4) is 0 Å². The van der Waals surface area contributed by atoms with Crippen LogP contribution in [0.25, 0.3) is 0 Å². The van der Waals surface area contributed by atoms with E-state index in [0.717, 1.165) is 31.4 Å². The van der Waals surface area contributed by atoms with Gasteiger partial charge in [-0.15, -0.1) is 0 Å². The van der Waals surface area contributed by atoms with Crippen molar-refractivity contribution < 1.29 is 23.9 Å². The fraction of sp³-hybridized carbons (Fsp3) is 0.360. The van der Waals surface area contributed by atoms with Crippen LogP contribution in [0.4, 0.5) is 5.69 Å². The predicted molar refractivity (Wildman–Crippen MR) is 115 cm³/mol. The molecule has 0 N–H and O–H groups in total. The third-order valence-electron chi connectivity index (χ3n) is 5.92. The Balaban J connectivity index is 1.23. The maximum atomic E-state index is 12.4. The summed E-state index contributed by atoms with van der Waals surface area (Å²) in [4.78, 5) is 50.2. The SMILES string of the molecule is O=C(CCC(=O)c1ccc2c(c1)CCC2)OCC(=O)c1ccc(N2CCCC2=O)cc1. The first-order valence-electron chi connectivity index (χ1n) is 10.8. The zero-order chi connectivity index (χ0) is 21.8. The molecule has 1 amide bonds. The maximum absolute atomic E-state index is 12.4. The number of rotatable bonds is 8. The van der Waals surface area contributed by atoms with Crippen molar-refractivity contribution in [2.75, 3.05) is 18.1 Å². The van der Waals surface area contributed by atoms with Crippen molar-refractivity contribution in [2.24, 2.45) is 0 Å². The molecular weight excluding hydrogens is 394 g/mol. The summed E-state index contributed by atoms with van der Waals surface area (Å²) in [6.45, 7) is 0.321. The fourth-order valence-corrected chi connectivity index (χ4v) is 4.16. The van der Waals surface area contributed by atoms with E-state index in [1.165, 1.54) is 11.1 Å². The molecule has 31 heavy (non-hydrogen) atoms. The number of carbonyl (C=O) groups is 4. The third kappa shape index (κ3) is 4.90. The second-order valence-electron chi connectivity index (χ2n) is 8.04. The summed E-state index contributed by atoms with van der Waals surface area (Å²) in [5.41, 5.74) is 4.33. The Morgan fingerprint density at radius 3 is 2.29 bits per heavy atom. The van der Waals surface area contributed by atoms with Gasteiger partial charge in [-0.2, -0.15) is 0 Å². The van der Waals surface area contributed by atoms with Gasteiger partial charge in [0, 0.05) is 36.2 Å². The smallest absolute Gasteiger partial charge is 0.306 e. The molecule has 6 nitrogen and oxygen atoms in total. The number of amides is 1. The number of esters is 1. The predicted octanol–water partition coefficient (Wildman–Crippen LogP) is 3.69. The highest BCUT2D eigenvalue weighted by atomic mass is 16.5. The van der Waals surface area contributed by atoms with Crippen LogP contribution in [0.2, 0.25) is 0 Å². The van der Waals surface area contributed by atoms with E-state index in [0.29, 0.717) is 24.1 Å². The highest BCUT2D eigenvalue weighted by molar-refractivity contribution is 6.00. The Morgan fingerprint density at radius 2 is 1.55 bits per heavy atom. The lowest BCUT2D eigenvalue weighted by atomic mass is 10.0. The Hall–Kier alpha value is -3.28. The topological polar surface area (TPSA) is 80.8 Å². The lowest BCUT2D eigenvalue weighted by Gasteiger charge is -2.15. The number of hydrogen-bond acceptors (Lipinski definition) is 5. The second kappa shape index (κ2) is 9.25. The quantitative estimate of drug-likeness (QED) is 0.482. The number of fused-ring (bicyclic) bond motifs is 1. The molecule has 1 aliphatic heterocycles. The zero-order valence-corrected chi connectivity index (χ0v) is 17.4. The van der Waals surface area contributed by atoms with Crippen LogP contribution in [0.1, 0.15) is 63.9 Å². The number of aryl methyl sites for hydroxylation is 2. The Bertz CT molecular complexity index is 1020. The molecule has 2 aromatic rings. The minimum atomic E-state index is -0.567. The van der Waals surface area contributed by atoms with E-state index < -0.39 is 5.97 Å². The van der Waals surface area contributed by atoms with Gasteiger partial charge in [-0.3, -0.25) is 19.2 Å². The third-order valence-corrected chi connectivity index (χ3v) is 5.92. The number of nitrogens with zero attached hydrogens (tertiary/aromatic N) is 1. The van der Waals surface area contributed by atoms with E-state index in [4.69, 9.17) is 4.74 Å². The molecule has 1 fully saturated rings. The van der Waals surface area contributed by atoms with Crippen LogP contribution >= 0.6 is 0 Å². The summed E-state index contributed by atoms with van der Waals surface area (Å²) in [7, 11) is 0. The van der Waals surface area contributed by atoms with Gasteiger partial charge >= 0.3 is 5.97 Å². The van der Waals surface area contributed by atoms with Crippen molar-refractivity contribution in [2.45, 2.75) is 44.9 Å². The first-order chi connectivity index (χ1) is 15.0. The van der Waals surface area contributed by atoms with Crippen molar-refractivity contribution in [1.82, 2.24) is 0 Å². The Morgan fingerprint density at radius 1 is 0.806 bits per heavy atom. The van der Waals surface area contributed by atoms with Crippen molar-refractivity contribution in [3.63, 3.8) is 0 Å². The van der Waals surface area contributed by atoms with Crippen molar-refractivity contribution in [3.05, 3.63) is 64.7 Å². The van der Waals surface area contributed by atoms with Gasteiger partial charge < -0.3 is 9.64 Å². The molecule has 0 atom stereocenters. The van der Waals surface area contributed by atoms with Gasteiger partial charge in [0.15, 0.2) is 18.2 Å². The largest absolute Gasteiger partial charge is 0.457 e. The van der Waals surface area contributed by atoms with Crippen LogP contribution in [0, 0.1) is 0 Å². The Labute approximate surface area is 181 Å². The first-order valence-corrected chi connectivity index (χ1v) is 10.8. The molecule has 2 aliphatic rings.